The Bertz CT molecular complexity index is 552. The highest BCUT2D eigenvalue weighted by Crippen LogP contribution is 2.39. The minimum Gasteiger partial charge on any atom is -0.438 e. The van der Waals surface area contributed by atoms with Gasteiger partial charge in [-0.05, 0) is 30.0 Å². The van der Waals surface area contributed by atoms with Crippen LogP contribution in [-0.4, -0.2) is 35.3 Å². The van der Waals surface area contributed by atoms with E-state index in [-0.39, 0.29) is 30.0 Å². The van der Waals surface area contributed by atoms with Crippen LogP contribution in [-0.2, 0) is 10.3 Å². The summed E-state index contributed by atoms with van der Waals surface area (Å²) < 4.78 is 18.9. The summed E-state index contributed by atoms with van der Waals surface area (Å²) >= 11 is 0. The van der Waals surface area contributed by atoms with Gasteiger partial charge in [-0.3, -0.25) is 0 Å². The number of nitrogens with zero attached hydrogens (tertiary/aromatic N) is 1. The van der Waals surface area contributed by atoms with Gasteiger partial charge in [-0.25, -0.2) is 9.18 Å². The predicted octanol–water partition coefficient (Wildman–Crippen LogP) is 3.68. The van der Waals surface area contributed by atoms with Crippen molar-refractivity contribution in [3.05, 3.63) is 35.6 Å². The summed E-state index contributed by atoms with van der Waals surface area (Å²) in [6, 6.07) is 6.00. The zero-order valence-corrected chi connectivity index (χ0v) is 14.3. The Labute approximate surface area is 137 Å². The van der Waals surface area contributed by atoms with Crippen molar-refractivity contribution in [1.29, 1.82) is 0 Å². The lowest BCUT2D eigenvalue weighted by molar-refractivity contribution is -0.0794. The first-order valence-corrected chi connectivity index (χ1v) is 8.06. The number of carbonyl (C=O) groups is 1. The van der Waals surface area contributed by atoms with Crippen LogP contribution in [0.1, 0.15) is 46.1 Å². The number of carbonyl (C=O) groups excluding carboxylic acids is 1. The Morgan fingerprint density at radius 2 is 1.96 bits per heavy atom. The quantitative estimate of drug-likeness (QED) is 0.919. The molecule has 2 atom stereocenters. The number of hydrogen-bond donors (Lipinski definition) is 1. The summed E-state index contributed by atoms with van der Waals surface area (Å²) in [5.41, 5.74) is -0.205. The molecule has 0 radical (unpaired) electrons. The van der Waals surface area contributed by atoms with E-state index in [1.54, 1.807) is 17.0 Å². The van der Waals surface area contributed by atoms with Gasteiger partial charge in [0.2, 0.25) is 0 Å². The van der Waals surface area contributed by atoms with Gasteiger partial charge in [0.1, 0.15) is 11.4 Å². The van der Waals surface area contributed by atoms with Crippen molar-refractivity contribution in [1.82, 2.24) is 4.90 Å². The third kappa shape index (κ3) is 3.66. The molecular formula is C18H26FNO3. The molecule has 5 heteroatoms. The van der Waals surface area contributed by atoms with Crippen LogP contribution in [0.2, 0.25) is 0 Å². The molecule has 1 N–H and O–H groups in total. The van der Waals surface area contributed by atoms with Gasteiger partial charge in [-0.2, -0.15) is 0 Å². The van der Waals surface area contributed by atoms with Crippen LogP contribution in [0.3, 0.4) is 0 Å². The van der Waals surface area contributed by atoms with E-state index >= 15 is 0 Å². The number of hydrogen-bond acceptors (Lipinski definition) is 3. The Hall–Kier alpha value is -1.62. The molecule has 0 saturated carbocycles. The van der Waals surface area contributed by atoms with Crippen LogP contribution >= 0.6 is 0 Å². The fraction of sp³-hybridized carbons (Fsp3) is 0.611. The van der Waals surface area contributed by atoms with Gasteiger partial charge in [-0.1, -0.05) is 32.9 Å². The lowest BCUT2D eigenvalue weighted by Crippen LogP contribution is -2.54. The van der Waals surface area contributed by atoms with Crippen LogP contribution in [0.4, 0.5) is 9.18 Å². The number of amides is 1. The summed E-state index contributed by atoms with van der Waals surface area (Å²) in [4.78, 5) is 14.3. The number of aliphatic hydroxyl groups excluding tert-OH is 1. The predicted molar refractivity (Wildman–Crippen MR) is 86.5 cm³/mol. The molecule has 1 aliphatic heterocycles. The van der Waals surface area contributed by atoms with E-state index in [1.807, 2.05) is 6.92 Å². The highest BCUT2D eigenvalue weighted by Gasteiger charge is 2.44. The lowest BCUT2D eigenvalue weighted by Gasteiger charge is -2.46. The monoisotopic (exact) mass is 323 g/mol. The zero-order chi connectivity index (χ0) is 17.3. The smallest absolute Gasteiger partial charge is 0.410 e. The Balaban J connectivity index is 2.25. The summed E-state index contributed by atoms with van der Waals surface area (Å²) in [5, 5.41) is 9.41. The summed E-state index contributed by atoms with van der Waals surface area (Å²) in [5.74, 6) is -0.335. The van der Waals surface area contributed by atoms with Crippen molar-refractivity contribution in [2.75, 3.05) is 13.2 Å². The fourth-order valence-electron chi connectivity index (χ4n) is 2.95. The first-order chi connectivity index (χ1) is 10.7. The van der Waals surface area contributed by atoms with E-state index in [2.05, 4.69) is 20.8 Å². The van der Waals surface area contributed by atoms with Crippen molar-refractivity contribution < 1.29 is 19.0 Å². The minimum absolute atomic E-state index is 0.0374. The van der Waals surface area contributed by atoms with E-state index in [0.29, 0.717) is 19.4 Å². The van der Waals surface area contributed by atoms with Gasteiger partial charge in [0.15, 0.2) is 0 Å². The summed E-state index contributed by atoms with van der Waals surface area (Å²) in [6.07, 6.45) is 0.504. The van der Waals surface area contributed by atoms with Crippen LogP contribution in [0.15, 0.2) is 24.3 Å². The van der Waals surface area contributed by atoms with Gasteiger partial charge in [0.25, 0.3) is 0 Å². The van der Waals surface area contributed by atoms with Crippen molar-refractivity contribution in [2.45, 2.75) is 52.2 Å². The van der Waals surface area contributed by atoms with Crippen LogP contribution < -0.4 is 0 Å². The van der Waals surface area contributed by atoms with Gasteiger partial charge >= 0.3 is 6.09 Å². The molecule has 1 heterocycles. The van der Waals surface area contributed by atoms with Gasteiger partial charge < -0.3 is 14.7 Å². The molecule has 2 rings (SSSR count). The van der Waals surface area contributed by atoms with Crippen molar-refractivity contribution in [3.63, 3.8) is 0 Å². The maximum atomic E-state index is 13.2. The van der Waals surface area contributed by atoms with E-state index in [9.17, 15) is 14.3 Å². The largest absolute Gasteiger partial charge is 0.438 e. The van der Waals surface area contributed by atoms with E-state index in [4.69, 9.17) is 4.74 Å². The van der Waals surface area contributed by atoms with Crippen molar-refractivity contribution in [3.8, 4) is 0 Å². The summed E-state index contributed by atoms with van der Waals surface area (Å²) in [6.45, 7) is 8.72. The molecule has 128 valence electrons. The third-order valence-electron chi connectivity index (χ3n) is 4.88. The fourth-order valence-corrected chi connectivity index (χ4v) is 2.95. The van der Waals surface area contributed by atoms with Gasteiger partial charge in [-0.15, -0.1) is 0 Å². The average Bonchev–Trinajstić information content (AvgIpc) is 2.46. The van der Waals surface area contributed by atoms with E-state index in [0.717, 1.165) is 5.56 Å². The maximum absolute atomic E-state index is 13.2. The van der Waals surface area contributed by atoms with E-state index in [1.165, 1.54) is 12.1 Å². The Kier molecular flexibility index (Phi) is 4.99. The molecule has 2 unspecified atom stereocenters. The molecule has 1 saturated heterocycles. The van der Waals surface area contributed by atoms with Crippen molar-refractivity contribution in [2.24, 2.45) is 5.41 Å². The molecule has 4 nitrogen and oxygen atoms in total. The highest BCUT2D eigenvalue weighted by atomic mass is 19.1. The molecule has 0 spiro atoms. The first-order valence-electron chi connectivity index (χ1n) is 8.06. The third-order valence-corrected chi connectivity index (χ3v) is 4.88. The molecule has 0 bridgehead atoms. The molecule has 23 heavy (non-hydrogen) atoms. The Morgan fingerprint density at radius 3 is 2.43 bits per heavy atom. The maximum Gasteiger partial charge on any atom is 0.410 e. The standard InChI is InChI=1S/C18H26FNO3/c1-13(17(2,3)4)20-11-9-18(10-12-21,23-16(20)22)14-5-7-15(19)8-6-14/h5-8,13,21H,9-12H2,1-4H3. The first kappa shape index (κ1) is 17.7. The Morgan fingerprint density at radius 1 is 1.35 bits per heavy atom. The van der Waals surface area contributed by atoms with Gasteiger partial charge in [0, 0.05) is 32.0 Å². The summed E-state index contributed by atoms with van der Waals surface area (Å²) in [7, 11) is 0. The molecule has 1 fully saturated rings. The lowest BCUT2D eigenvalue weighted by atomic mass is 9.83. The number of rotatable bonds is 4. The number of ether oxygens (including phenoxy) is 1. The van der Waals surface area contributed by atoms with Crippen LogP contribution in [0.25, 0.3) is 0 Å². The molecule has 1 aliphatic rings. The second kappa shape index (κ2) is 6.48. The van der Waals surface area contributed by atoms with Crippen molar-refractivity contribution >= 4 is 6.09 Å². The number of halogens is 1. The molecule has 1 aromatic rings. The molecular weight excluding hydrogens is 297 g/mol. The van der Waals surface area contributed by atoms with E-state index < -0.39 is 5.60 Å². The second-order valence-electron chi connectivity index (χ2n) is 7.33. The highest BCUT2D eigenvalue weighted by molar-refractivity contribution is 5.70. The molecule has 0 aromatic heterocycles. The molecule has 1 amide bonds. The average molecular weight is 323 g/mol. The van der Waals surface area contributed by atoms with Gasteiger partial charge in [0.05, 0.1) is 0 Å². The normalized spacial score (nSPS) is 23.6. The number of cyclic esters (lactones) is 1. The molecule has 0 aliphatic carbocycles. The number of benzene rings is 1. The molecule has 1 aromatic carbocycles. The second-order valence-corrected chi connectivity index (χ2v) is 7.33. The van der Waals surface area contributed by atoms with Crippen LogP contribution in [0.5, 0.6) is 0 Å². The topological polar surface area (TPSA) is 49.8 Å². The minimum atomic E-state index is -0.881. The zero-order valence-electron chi connectivity index (χ0n) is 14.3. The SMILES string of the molecule is CC(N1CCC(CCO)(c2ccc(F)cc2)OC1=O)C(C)(C)C. The number of aliphatic hydroxyl groups is 1. The van der Waals surface area contributed by atoms with Crippen LogP contribution in [0, 0.1) is 11.2 Å².